The minimum Gasteiger partial charge on any atom is -0.502 e. The van der Waals surface area contributed by atoms with Crippen molar-refractivity contribution in [2.75, 3.05) is 13.2 Å². The van der Waals surface area contributed by atoms with Crippen molar-refractivity contribution in [3.63, 3.8) is 0 Å². The van der Waals surface area contributed by atoms with Crippen LogP contribution in [-0.2, 0) is 36.7 Å². The van der Waals surface area contributed by atoms with Gasteiger partial charge in [-0.1, -0.05) is 74.5 Å². The second kappa shape index (κ2) is 14.5. The van der Waals surface area contributed by atoms with Crippen LogP contribution in [0.15, 0.2) is 88.8 Å². The molecule has 5 rings (SSSR count). The number of hydrogen-bond acceptors (Lipinski definition) is 11. The summed E-state index contributed by atoms with van der Waals surface area (Å²) in [4.78, 5) is 82.1. The van der Waals surface area contributed by atoms with E-state index in [1.54, 1.807) is 48.5 Å². The highest BCUT2D eigenvalue weighted by molar-refractivity contribution is 6.67. The molecule has 7 N–H and O–H groups in total. The number of benzene rings is 2. The molecule has 13 nitrogen and oxygen atoms in total. The van der Waals surface area contributed by atoms with Gasteiger partial charge in [-0.05, 0) is 29.9 Å². The molecule has 2 aromatic rings. The van der Waals surface area contributed by atoms with Crippen molar-refractivity contribution in [1.82, 2.24) is 10.6 Å². The number of Topliss-reactive ketones (excluding diaryl/α,β-unsaturated/α-hetero) is 2. The number of carbonyl (C=O) groups is 4. The average molecular weight is 691 g/mol. The van der Waals surface area contributed by atoms with Crippen molar-refractivity contribution < 1.29 is 43.3 Å². The molecule has 0 saturated carbocycles. The molecule has 0 aromatic heterocycles. The Morgan fingerprint density at radius 2 is 1.73 bits per heavy atom. The monoisotopic (exact) mass is 690 g/mol. The predicted molar refractivity (Wildman–Crippen MR) is 181 cm³/mol. The normalized spacial score (nSPS) is 25.2. The number of rotatable bonds is 13. The number of nitrogens with two attached hydrogens (primary N) is 1. The Kier molecular flexibility index (Phi) is 10.5. The first-order chi connectivity index (χ1) is 23.3. The number of primary amides is 1. The lowest BCUT2D eigenvalue weighted by Crippen LogP contribution is -2.65. The number of aliphatic hydroxyl groups is 1. The number of aliphatic hydroxyl groups excluding tert-OH is 1. The number of ether oxygens (including phenoxy) is 2. The molecule has 3 aliphatic heterocycles. The van der Waals surface area contributed by atoms with E-state index in [1.807, 2.05) is 26.0 Å². The molecule has 260 valence electrons. The van der Waals surface area contributed by atoms with E-state index in [0.717, 1.165) is 6.21 Å². The van der Waals surface area contributed by atoms with E-state index in [2.05, 4.69) is 15.6 Å². The lowest BCUT2D eigenvalue weighted by molar-refractivity contribution is -0.124. The number of ketones is 2. The number of alkyl carbamates (subject to hydrolysis) is 1. The van der Waals surface area contributed by atoms with Gasteiger partial charge in [0.25, 0.3) is 5.91 Å². The van der Waals surface area contributed by atoms with Crippen LogP contribution in [0.2, 0.25) is 6.04 Å². The zero-order valence-corrected chi connectivity index (χ0v) is 28.4. The summed E-state index contributed by atoms with van der Waals surface area (Å²) in [6, 6.07) is 17.5. The summed E-state index contributed by atoms with van der Waals surface area (Å²) in [5.41, 5.74) is 1.52. The third-order valence-electron chi connectivity index (χ3n) is 9.05. The Balaban J connectivity index is 1.52. The molecule has 4 atom stereocenters. The maximum atomic E-state index is 14.8. The van der Waals surface area contributed by atoms with Gasteiger partial charge in [-0.25, -0.2) is 4.79 Å². The van der Waals surface area contributed by atoms with E-state index in [1.165, 1.54) is 6.20 Å². The fraction of sp³-hybridized carbons (Fsp3) is 0.400. The zero-order chi connectivity index (χ0) is 35.4. The standard InChI is InChI=1S/C35H42N4O9Si/c1-22(2)16-35(30(41)26(18-38-35)29(40)32(36)43)27-19-37-34(31(27)42,17-24-11-7-4-8-12-24)21-49(45,46)28(15-23-9-5-3-6-10-23)39-33(44)48-25-13-14-47-20-25/h3-12,18-19,22,25,28,37,40,45-46H,13-17,20-21H2,1-2H3,(H2,36,43)(H,39,44)/t25?,28-,34+,35+/m1/s1. The minimum atomic E-state index is -4.65. The van der Waals surface area contributed by atoms with Crippen LogP contribution in [0.4, 0.5) is 4.79 Å². The quantitative estimate of drug-likeness (QED) is 0.102. The van der Waals surface area contributed by atoms with Gasteiger partial charge < -0.3 is 40.5 Å². The topological polar surface area (TPSA) is 210 Å². The van der Waals surface area contributed by atoms with Gasteiger partial charge in [-0.15, -0.1) is 0 Å². The van der Waals surface area contributed by atoms with Gasteiger partial charge >= 0.3 is 14.7 Å². The first-order valence-corrected chi connectivity index (χ1v) is 18.4. The molecule has 3 heterocycles. The van der Waals surface area contributed by atoms with Crippen LogP contribution in [0.1, 0.15) is 37.8 Å². The maximum Gasteiger partial charge on any atom is 0.407 e. The Bertz CT molecular complexity index is 1670. The molecule has 2 aromatic carbocycles. The van der Waals surface area contributed by atoms with Gasteiger partial charge in [0, 0.05) is 36.9 Å². The van der Waals surface area contributed by atoms with E-state index in [-0.39, 0.29) is 37.4 Å². The Morgan fingerprint density at radius 3 is 2.33 bits per heavy atom. The summed E-state index contributed by atoms with van der Waals surface area (Å²) in [5, 5.41) is 16.1. The number of carbonyl (C=O) groups excluding carboxylic acids is 4. The molecule has 0 radical (unpaired) electrons. The molecular formula is C35H42N4O9Si. The number of amides is 2. The average Bonchev–Trinajstić information content (AvgIpc) is 3.76. The fourth-order valence-electron chi connectivity index (χ4n) is 6.71. The van der Waals surface area contributed by atoms with E-state index in [4.69, 9.17) is 15.2 Å². The highest BCUT2D eigenvalue weighted by Gasteiger charge is 2.59. The zero-order valence-electron chi connectivity index (χ0n) is 27.4. The summed E-state index contributed by atoms with van der Waals surface area (Å²) in [7, 11) is -4.65. The lowest BCUT2D eigenvalue weighted by atomic mass is 9.74. The van der Waals surface area contributed by atoms with Crippen LogP contribution < -0.4 is 16.4 Å². The van der Waals surface area contributed by atoms with E-state index in [0.29, 0.717) is 24.2 Å². The molecule has 3 aliphatic rings. The second-order valence-corrected chi connectivity index (χ2v) is 16.1. The first kappa shape index (κ1) is 35.7. The SMILES string of the molecule is CC(C)C[C@@]1(C2=CN[C@@](Cc3ccccc3)(C[Si](O)(O)[C@H](Cc3ccccc3)NC(=O)OC3CCOC3)C2=O)N=CC(=C(O)C(N)=O)C1=O. The largest absolute Gasteiger partial charge is 0.502 e. The van der Waals surface area contributed by atoms with Crippen molar-refractivity contribution in [2.45, 2.75) is 68.4 Å². The van der Waals surface area contributed by atoms with Gasteiger partial charge in [-0.2, -0.15) is 0 Å². The summed E-state index contributed by atoms with van der Waals surface area (Å²) in [6.07, 6.45) is 1.69. The lowest BCUT2D eigenvalue weighted by Gasteiger charge is -2.38. The van der Waals surface area contributed by atoms with Gasteiger partial charge in [0.2, 0.25) is 5.78 Å². The van der Waals surface area contributed by atoms with E-state index in [9.17, 15) is 33.9 Å². The number of hydrogen-bond donors (Lipinski definition) is 6. The van der Waals surface area contributed by atoms with Crippen molar-refractivity contribution in [3.8, 4) is 0 Å². The highest BCUT2D eigenvalue weighted by atomic mass is 28.4. The van der Waals surface area contributed by atoms with Crippen LogP contribution >= 0.6 is 0 Å². The number of nitrogens with zero attached hydrogens (tertiary/aromatic N) is 1. The summed E-state index contributed by atoms with van der Waals surface area (Å²) < 4.78 is 10.8. The molecule has 0 aliphatic carbocycles. The number of nitrogens with one attached hydrogen (secondary N) is 2. The predicted octanol–water partition coefficient (Wildman–Crippen LogP) is 1.85. The van der Waals surface area contributed by atoms with Crippen LogP contribution in [0.25, 0.3) is 0 Å². The molecule has 2 amide bonds. The molecular weight excluding hydrogens is 648 g/mol. The van der Waals surface area contributed by atoms with Crippen molar-refractivity contribution in [3.05, 3.63) is 94.9 Å². The van der Waals surface area contributed by atoms with E-state index < -0.39 is 72.4 Å². The van der Waals surface area contributed by atoms with Gasteiger partial charge in [-0.3, -0.25) is 19.4 Å². The first-order valence-electron chi connectivity index (χ1n) is 16.2. The summed E-state index contributed by atoms with van der Waals surface area (Å²) >= 11 is 0. The summed E-state index contributed by atoms with van der Waals surface area (Å²) in [5.74, 6) is -3.73. The second-order valence-electron chi connectivity index (χ2n) is 13.3. The Hall–Kier alpha value is -4.63. The molecule has 1 saturated heterocycles. The molecule has 0 bridgehead atoms. The van der Waals surface area contributed by atoms with Crippen LogP contribution in [0.5, 0.6) is 0 Å². The smallest absolute Gasteiger partial charge is 0.407 e. The fourth-order valence-corrected chi connectivity index (χ4v) is 9.14. The molecule has 1 fully saturated rings. The van der Waals surface area contributed by atoms with Crippen molar-refractivity contribution in [1.29, 1.82) is 0 Å². The van der Waals surface area contributed by atoms with Gasteiger partial charge in [0.1, 0.15) is 11.6 Å². The maximum absolute atomic E-state index is 14.8. The van der Waals surface area contributed by atoms with Crippen LogP contribution in [0.3, 0.4) is 0 Å². The Labute approximate surface area is 285 Å². The molecule has 0 spiro atoms. The van der Waals surface area contributed by atoms with Gasteiger partial charge in [0.05, 0.1) is 24.5 Å². The third kappa shape index (κ3) is 7.67. The number of aliphatic imine (C=N–C) groups is 1. The van der Waals surface area contributed by atoms with Crippen LogP contribution in [0, 0.1) is 5.92 Å². The Morgan fingerprint density at radius 1 is 1.08 bits per heavy atom. The van der Waals surface area contributed by atoms with Crippen molar-refractivity contribution in [2.24, 2.45) is 16.6 Å². The molecule has 49 heavy (non-hydrogen) atoms. The third-order valence-corrected chi connectivity index (χ3v) is 11.6. The highest BCUT2D eigenvalue weighted by Crippen LogP contribution is 2.43. The van der Waals surface area contributed by atoms with Gasteiger partial charge in [0.15, 0.2) is 17.1 Å². The molecule has 14 heteroatoms. The van der Waals surface area contributed by atoms with Crippen molar-refractivity contribution >= 4 is 38.3 Å². The minimum absolute atomic E-state index is 0.00461. The van der Waals surface area contributed by atoms with E-state index >= 15 is 0 Å². The molecule has 1 unspecified atom stereocenters. The van der Waals surface area contributed by atoms with Crippen LogP contribution in [-0.4, -0.2) is 89.1 Å². The summed E-state index contributed by atoms with van der Waals surface area (Å²) in [6.45, 7) is 4.35.